The Balaban J connectivity index is 1.71. The molecule has 2 aliphatic rings. The molecule has 0 spiro atoms. The first-order valence-electron chi connectivity index (χ1n) is 7.37. The third-order valence-corrected chi connectivity index (χ3v) is 6.40. The van der Waals surface area contributed by atoms with Crippen molar-refractivity contribution in [1.29, 1.82) is 0 Å². The number of hydrogen-bond donors (Lipinski definition) is 0. The molecular weight excluding hydrogens is 212 g/mol. The maximum absolute atomic E-state index is 2.48. The van der Waals surface area contributed by atoms with Crippen molar-refractivity contribution in [3.8, 4) is 0 Å². The zero-order valence-electron chi connectivity index (χ0n) is 11.1. The van der Waals surface area contributed by atoms with Crippen LogP contribution in [0.15, 0.2) is 0 Å². The van der Waals surface area contributed by atoms with Gasteiger partial charge in [0.25, 0.3) is 0 Å². The van der Waals surface area contributed by atoms with Crippen LogP contribution in [0.2, 0.25) is 0 Å². The topological polar surface area (TPSA) is 0 Å². The van der Waals surface area contributed by atoms with Crippen LogP contribution in [0.4, 0.5) is 0 Å². The van der Waals surface area contributed by atoms with Crippen molar-refractivity contribution in [1.82, 2.24) is 0 Å². The van der Waals surface area contributed by atoms with Crippen molar-refractivity contribution in [2.24, 2.45) is 17.8 Å². The molecule has 2 rings (SSSR count). The molecule has 0 N–H and O–H groups in total. The van der Waals surface area contributed by atoms with Crippen LogP contribution < -0.4 is 0 Å². The summed E-state index contributed by atoms with van der Waals surface area (Å²) in [4.78, 5) is 0. The highest BCUT2D eigenvalue weighted by Crippen LogP contribution is 2.38. The lowest BCUT2D eigenvalue weighted by Crippen LogP contribution is -2.25. The van der Waals surface area contributed by atoms with Crippen molar-refractivity contribution in [2.75, 3.05) is 5.75 Å². The molecule has 1 heteroatoms. The molecule has 0 aromatic heterocycles. The third-order valence-electron chi connectivity index (χ3n) is 4.65. The minimum Gasteiger partial charge on any atom is -0.158 e. The Bertz CT molecular complexity index is 196. The van der Waals surface area contributed by atoms with Gasteiger partial charge >= 0.3 is 0 Å². The fourth-order valence-corrected chi connectivity index (χ4v) is 5.11. The summed E-state index contributed by atoms with van der Waals surface area (Å²) in [6.45, 7) is 4.92. The van der Waals surface area contributed by atoms with E-state index in [9.17, 15) is 0 Å². The summed E-state index contributed by atoms with van der Waals surface area (Å²) in [7, 11) is 0. The highest BCUT2D eigenvalue weighted by atomic mass is 32.2. The van der Waals surface area contributed by atoms with E-state index in [1.165, 1.54) is 57.1 Å². The van der Waals surface area contributed by atoms with E-state index >= 15 is 0 Å². The van der Waals surface area contributed by atoms with Crippen LogP contribution in [0.5, 0.6) is 0 Å². The predicted molar refractivity (Wildman–Crippen MR) is 75.0 cm³/mol. The van der Waals surface area contributed by atoms with Crippen LogP contribution >= 0.6 is 11.8 Å². The second-order valence-corrected chi connectivity index (χ2v) is 7.54. The highest BCUT2D eigenvalue weighted by molar-refractivity contribution is 7.99. The Morgan fingerprint density at radius 3 is 2.44 bits per heavy atom. The summed E-state index contributed by atoms with van der Waals surface area (Å²) < 4.78 is 0. The summed E-state index contributed by atoms with van der Waals surface area (Å²) in [6, 6.07) is 0. The molecule has 0 aliphatic heterocycles. The lowest BCUT2D eigenvalue weighted by molar-refractivity contribution is 0.316. The SMILES string of the molecule is CC1CCC(C)C(SCC2CCCCC2)C1. The van der Waals surface area contributed by atoms with Gasteiger partial charge in [-0.25, -0.2) is 0 Å². The molecule has 3 atom stereocenters. The second kappa shape index (κ2) is 6.33. The Labute approximate surface area is 106 Å². The predicted octanol–water partition coefficient (Wildman–Crippen LogP) is 5.12. The Morgan fingerprint density at radius 1 is 0.938 bits per heavy atom. The maximum atomic E-state index is 2.48. The van der Waals surface area contributed by atoms with E-state index in [4.69, 9.17) is 0 Å². The summed E-state index contributed by atoms with van der Waals surface area (Å²) >= 11 is 2.32. The third kappa shape index (κ3) is 3.68. The van der Waals surface area contributed by atoms with Crippen LogP contribution in [0.1, 0.15) is 65.2 Å². The maximum Gasteiger partial charge on any atom is 0.00753 e. The molecule has 2 fully saturated rings. The molecule has 2 aliphatic carbocycles. The van der Waals surface area contributed by atoms with Crippen LogP contribution in [-0.2, 0) is 0 Å². The lowest BCUT2D eigenvalue weighted by atomic mass is 9.84. The van der Waals surface area contributed by atoms with Gasteiger partial charge in [0, 0.05) is 5.25 Å². The van der Waals surface area contributed by atoms with Crippen LogP contribution in [0.3, 0.4) is 0 Å². The highest BCUT2D eigenvalue weighted by Gasteiger charge is 2.26. The molecule has 0 bridgehead atoms. The minimum atomic E-state index is 0.977. The molecule has 2 saturated carbocycles. The molecular formula is C15H28S. The van der Waals surface area contributed by atoms with Gasteiger partial charge in [-0.1, -0.05) is 39.5 Å². The van der Waals surface area contributed by atoms with Gasteiger partial charge in [0.1, 0.15) is 0 Å². The van der Waals surface area contributed by atoms with E-state index in [2.05, 4.69) is 25.6 Å². The van der Waals surface area contributed by atoms with Crippen LogP contribution in [0, 0.1) is 17.8 Å². The minimum absolute atomic E-state index is 0.977. The van der Waals surface area contributed by atoms with Gasteiger partial charge in [-0.3, -0.25) is 0 Å². The van der Waals surface area contributed by atoms with Crippen molar-refractivity contribution >= 4 is 11.8 Å². The normalized spacial score (nSPS) is 37.5. The van der Waals surface area contributed by atoms with E-state index in [0.717, 1.165) is 23.0 Å². The molecule has 0 heterocycles. The van der Waals surface area contributed by atoms with Crippen LogP contribution in [0.25, 0.3) is 0 Å². The zero-order valence-corrected chi connectivity index (χ0v) is 11.9. The van der Waals surface area contributed by atoms with Crippen molar-refractivity contribution < 1.29 is 0 Å². The summed E-state index contributed by atoms with van der Waals surface area (Å²) in [5.41, 5.74) is 0. The fraction of sp³-hybridized carbons (Fsp3) is 1.00. The number of rotatable bonds is 3. The van der Waals surface area contributed by atoms with Gasteiger partial charge in [0.15, 0.2) is 0 Å². The molecule has 0 aromatic rings. The molecule has 0 amide bonds. The average molecular weight is 240 g/mol. The lowest BCUT2D eigenvalue weighted by Gasteiger charge is -2.33. The molecule has 16 heavy (non-hydrogen) atoms. The van der Waals surface area contributed by atoms with Gasteiger partial charge in [0.2, 0.25) is 0 Å². The quantitative estimate of drug-likeness (QED) is 0.659. The first-order valence-corrected chi connectivity index (χ1v) is 8.42. The average Bonchev–Trinajstić information content (AvgIpc) is 2.32. The molecule has 3 unspecified atom stereocenters. The Kier molecular flexibility index (Phi) is 5.06. The Hall–Kier alpha value is 0.350. The monoisotopic (exact) mass is 240 g/mol. The fourth-order valence-electron chi connectivity index (χ4n) is 3.33. The number of hydrogen-bond acceptors (Lipinski definition) is 1. The van der Waals surface area contributed by atoms with Gasteiger partial charge in [-0.05, 0) is 49.2 Å². The van der Waals surface area contributed by atoms with Gasteiger partial charge in [-0.15, -0.1) is 0 Å². The summed E-state index contributed by atoms with van der Waals surface area (Å²) in [5.74, 6) is 4.48. The first kappa shape index (κ1) is 12.8. The van der Waals surface area contributed by atoms with Crippen molar-refractivity contribution in [3.05, 3.63) is 0 Å². The first-order chi connectivity index (χ1) is 7.75. The molecule has 94 valence electrons. The summed E-state index contributed by atoms with van der Waals surface area (Å²) in [5, 5.41) is 0.977. The second-order valence-electron chi connectivity index (χ2n) is 6.27. The number of thioether (sulfide) groups is 1. The Morgan fingerprint density at radius 2 is 1.69 bits per heavy atom. The van der Waals surface area contributed by atoms with E-state index in [1.54, 1.807) is 0 Å². The molecule has 0 aromatic carbocycles. The van der Waals surface area contributed by atoms with E-state index in [0.29, 0.717) is 0 Å². The zero-order chi connectivity index (χ0) is 11.4. The standard InChI is InChI=1S/C15H28S/c1-12-8-9-13(2)15(10-12)16-11-14-6-4-3-5-7-14/h12-15H,3-11H2,1-2H3. The van der Waals surface area contributed by atoms with Crippen molar-refractivity contribution in [3.63, 3.8) is 0 Å². The van der Waals surface area contributed by atoms with Gasteiger partial charge in [-0.2, -0.15) is 11.8 Å². The van der Waals surface area contributed by atoms with E-state index in [1.807, 2.05) is 0 Å². The molecule has 0 nitrogen and oxygen atoms in total. The van der Waals surface area contributed by atoms with Crippen molar-refractivity contribution in [2.45, 2.75) is 70.5 Å². The van der Waals surface area contributed by atoms with E-state index < -0.39 is 0 Å². The smallest absolute Gasteiger partial charge is 0.00753 e. The molecule has 0 radical (unpaired) electrons. The van der Waals surface area contributed by atoms with Gasteiger partial charge in [0.05, 0.1) is 0 Å². The van der Waals surface area contributed by atoms with E-state index in [-0.39, 0.29) is 0 Å². The largest absolute Gasteiger partial charge is 0.158 e. The van der Waals surface area contributed by atoms with Gasteiger partial charge < -0.3 is 0 Å². The van der Waals surface area contributed by atoms with Crippen LogP contribution in [-0.4, -0.2) is 11.0 Å². The molecule has 0 saturated heterocycles. The summed E-state index contributed by atoms with van der Waals surface area (Å²) in [6.07, 6.45) is 12.0.